The van der Waals surface area contributed by atoms with Crippen LogP contribution in [-0.4, -0.2) is 15.8 Å². The predicted octanol–water partition coefficient (Wildman–Crippen LogP) is 3.68. The van der Waals surface area contributed by atoms with Crippen molar-refractivity contribution in [1.82, 2.24) is 9.78 Å². The second kappa shape index (κ2) is 5.50. The monoisotopic (exact) mass is 298 g/mol. The van der Waals surface area contributed by atoms with Gasteiger partial charge in [-0.25, -0.2) is 4.79 Å². The molecule has 5 nitrogen and oxygen atoms in total. The van der Waals surface area contributed by atoms with E-state index < -0.39 is 6.03 Å². The number of nitrogens with one attached hydrogen (secondary N) is 2. The van der Waals surface area contributed by atoms with Gasteiger partial charge in [0.15, 0.2) is 5.82 Å². The zero-order chi connectivity index (χ0) is 14.0. The van der Waals surface area contributed by atoms with Crippen LogP contribution in [0.15, 0.2) is 24.3 Å². The Morgan fingerprint density at radius 1 is 1.26 bits per heavy atom. The molecule has 2 rings (SSSR count). The summed E-state index contributed by atoms with van der Waals surface area (Å²) < 4.78 is 1.67. The van der Waals surface area contributed by atoms with Crippen LogP contribution in [0.3, 0.4) is 0 Å². The summed E-state index contributed by atoms with van der Waals surface area (Å²) in [6.07, 6.45) is 0. The zero-order valence-electron chi connectivity index (χ0n) is 10.4. The van der Waals surface area contributed by atoms with E-state index in [1.165, 1.54) is 0 Å². The van der Waals surface area contributed by atoms with Crippen LogP contribution in [-0.2, 0) is 7.05 Å². The lowest BCUT2D eigenvalue weighted by Gasteiger charge is -2.07. The number of hydrogen-bond donors (Lipinski definition) is 2. The van der Waals surface area contributed by atoms with Gasteiger partial charge in [0.25, 0.3) is 0 Å². The number of aromatic nitrogens is 2. The summed E-state index contributed by atoms with van der Waals surface area (Å²) in [5, 5.41) is 10.2. The molecular weight excluding hydrogens is 287 g/mol. The van der Waals surface area contributed by atoms with E-state index in [2.05, 4.69) is 15.7 Å². The van der Waals surface area contributed by atoms with Crippen LogP contribution in [0, 0.1) is 6.92 Å². The minimum atomic E-state index is -0.415. The molecule has 0 spiro atoms. The summed E-state index contributed by atoms with van der Waals surface area (Å²) in [5.41, 5.74) is 1.43. The van der Waals surface area contributed by atoms with Crippen molar-refractivity contribution in [1.29, 1.82) is 0 Å². The summed E-state index contributed by atoms with van der Waals surface area (Å²) in [6.45, 7) is 1.89. The van der Waals surface area contributed by atoms with E-state index in [-0.39, 0.29) is 0 Å². The molecule has 1 heterocycles. The van der Waals surface area contributed by atoms with E-state index in [0.717, 1.165) is 5.69 Å². The highest BCUT2D eigenvalue weighted by Gasteiger charge is 2.08. The van der Waals surface area contributed by atoms with Crippen molar-refractivity contribution in [2.24, 2.45) is 7.05 Å². The Kier molecular flexibility index (Phi) is 3.97. The fourth-order valence-corrected chi connectivity index (χ4v) is 1.94. The first-order chi connectivity index (χ1) is 8.95. The minimum absolute atomic E-state index is 0.375. The van der Waals surface area contributed by atoms with Crippen LogP contribution < -0.4 is 10.6 Å². The number of anilines is 2. The highest BCUT2D eigenvalue weighted by Crippen LogP contribution is 2.25. The molecule has 100 valence electrons. The molecule has 0 aliphatic heterocycles. The Morgan fingerprint density at radius 2 is 2.00 bits per heavy atom. The topological polar surface area (TPSA) is 59.0 Å². The molecule has 0 bridgehead atoms. The Bertz CT molecular complexity index is 605. The van der Waals surface area contributed by atoms with E-state index in [0.29, 0.717) is 21.6 Å². The third kappa shape index (κ3) is 3.39. The lowest BCUT2D eigenvalue weighted by molar-refractivity contribution is 0.262. The first-order valence-electron chi connectivity index (χ1n) is 5.49. The van der Waals surface area contributed by atoms with Crippen molar-refractivity contribution < 1.29 is 4.79 Å². The molecule has 2 N–H and O–H groups in total. The number of halogens is 2. The largest absolute Gasteiger partial charge is 0.324 e. The molecule has 7 heteroatoms. The molecule has 0 aliphatic rings. The minimum Gasteiger partial charge on any atom is -0.306 e. The van der Waals surface area contributed by atoms with Gasteiger partial charge in [-0.15, -0.1) is 0 Å². The van der Waals surface area contributed by atoms with Crippen LogP contribution in [0.4, 0.5) is 16.3 Å². The number of rotatable bonds is 2. The summed E-state index contributed by atoms with van der Waals surface area (Å²) in [5.74, 6) is 0.475. The van der Waals surface area contributed by atoms with Gasteiger partial charge in [0.05, 0.1) is 10.7 Å². The van der Waals surface area contributed by atoms with Crippen molar-refractivity contribution in [2.45, 2.75) is 6.92 Å². The molecule has 0 fully saturated rings. The van der Waals surface area contributed by atoms with Gasteiger partial charge in [0.1, 0.15) is 0 Å². The van der Waals surface area contributed by atoms with E-state index in [1.54, 1.807) is 36.0 Å². The van der Waals surface area contributed by atoms with Crippen molar-refractivity contribution in [2.75, 3.05) is 10.6 Å². The maximum absolute atomic E-state index is 11.8. The van der Waals surface area contributed by atoms with Crippen LogP contribution in [0.2, 0.25) is 10.0 Å². The fraction of sp³-hybridized carbons (Fsp3) is 0.167. The second-order valence-electron chi connectivity index (χ2n) is 4.00. The summed E-state index contributed by atoms with van der Waals surface area (Å²) in [4.78, 5) is 11.8. The first-order valence-corrected chi connectivity index (χ1v) is 6.25. The van der Waals surface area contributed by atoms with Gasteiger partial charge in [0.2, 0.25) is 0 Å². The third-order valence-electron chi connectivity index (χ3n) is 2.53. The number of carbonyl (C=O) groups is 1. The molecule has 0 saturated carbocycles. The number of carbonyl (C=O) groups excluding carboxylic acids is 1. The van der Waals surface area contributed by atoms with Crippen LogP contribution in [0.5, 0.6) is 0 Å². The number of aryl methyl sites for hydroxylation is 2. The SMILES string of the molecule is Cc1cc(NC(=O)Nc2ccc(Cl)cc2Cl)nn1C. The average molecular weight is 299 g/mol. The number of urea groups is 1. The third-order valence-corrected chi connectivity index (χ3v) is 3.08. The van der Waals surface area contributed by atoms with Crippen molar-refractivity contribution in [3.63, 3.8) is 0 Å². The summed E-state index contributed by atoms with van der Waals surface area (Å²) >= 11 is 11.7. The number of hydrogen-bond acceptors (Lipinski definition) is 2. The Hall–Kier alpha value is -1.72. The Balaban J connectivity index is 2.05. The van der Waals surface area contributed by atoms with Crippen molar-refractivity contribution in [3.05, 3.63) is 40.0 Å². The van der Waals surface area contributed by atoms with Gasteiger partial charge in [-0.2, -0.15) is 5.10 Å². The smallest absolute Gasteiger partial charge is 0.306 e. The molecule has 0 radical (unpaired) electrons. The van der Waals surface area contributed by atoms with Gasteiger partial charge in [0, 0.05) is 23.8 Å². The highest BCUT2D eigenvalue weighted by atomic mass is 35.5. The average Bonchev–Trinajstić information content (AvgIpc) is 2.62. The molecule has 0 unspecified atom stereocenters. The van der Waals surface area contributed by atoms with Gasteiger partial charge >= 0.3 is 6.03 Å². The fourth-order valence-electron chi connectivity index (χ4n) is 1.48. The van der Waals surface area contributed by atoms with Gasteiger partial charge < -0.3 is 5.32 Å². The molecule has 0 aliphatic carbocycles. The lowest BCUT2D eigenvalue weighted by atomic mass is 10.3. The van der Waals surface area contributed by atoms with E-state index >= 15 is 0 Å². The standard InChI is InChI=1S/C12H12Cl2N4O/c1-7-5-11(17-18(7)2)16-12(19)15-10-4-3-8(13)6-9(10)14/h3-6H,1-2H3,(H2,15,16,17,19). The van der Waals surface area contributed by atoms with E-state index in [9.17, 15) is 4.79 Å². The summed E-state index contributed by atoms with van der Waals surface area (Å²) in [6, 6.07) is 6.19. The summed E-state index contributed by atoms with van der Waals surface area (Å²) in [7, 11) is 1.80. The van der Waals surface area contributed by atoms with Crippen molar-refractivity contribution in [3.8, 4) is 0 Å². The molecule has 19 heavy (non-hydrogen) atoms. The Morgan fingerprint density at radius 3 is 2.58 bits per heavy atom. The quantitative estimate of drug-likeness (QED) is 0.888. The van der Waals surface area contributed by atoms with E-state index in [4.69, 9.17) is 23.2 Å². The molecule has 0 saturated heterocycles. The lowest BCUT2D eigenvalue weighted by Crippen LogP contribution is -2.20. The normalized spacial score (nSPS) is 10.3. The van der Waals surface area contributed by atoms with Crippen molar-refractivity contribution >= 4 is 40.7 Å². The number of nitrogens with zero attached hydrogens (tertiary/aromatic N) is 2. The number of amides is 2. The molecular formula is C12H12Cl2N4O. The maximum Gasteiger partial charge on any atom is 0.324 e. The van der Waals surface area contributed by atoms with Gasteiger partial charge in [-0.3, -0.25) is 10.00 Å². The van der Waals surface area contributed by atoms with Gasteiger partial charge in [-0.1, -0.05) is 23.2 Å². The molecule has 1 aromatic heterocycles. The molecule has 2 amide bonds. The predicted molar refractivity (Wildman–Crippen MR) is 77.0 cm³/mol. The second-order valence-corrected chi connectivity index (χ2v) is 4.84. The van der Waals surface area contributed by atoms with Crippen LogP contribution >= 0.6 is 23.2 Å². The zero-order valence-corrected chi connectivity index (χ0v) is 11.9. The van der Waals surface area contributed by atoms with Crippen LogP contribution in [0.1, 0.15) is 5.69 Å². The maximum atomic E-state index is 11.8. The molecule has 0 atom stereocenters. The molecule has 2 aromatic rings. The van der Waals surface area contributed by atoms with E-state index in [1.807, 2.05) is 6.92 Å². The van der Waals surface area contributed by atoms with Gasteiger partial charge in [-0.05, 0) is 25.1 Å². The van der Waals surface area contributed by atoms with Crippen LogP contribution in [0.25, 0.3) is 0 Å². The first kappa shape index (κ1) is 13.7. The highest BCUT2D eigenvalue weighted by molar-refractivity contribution is 6.36. The Labute approximate surface area is 120 Å². The number of benzene rings is 1. The molecule has 1 aromatic carbocycles.